The number of halogens is 3. The number of anilines is 2. The number of hydrogen-bond acceptors (Lipinski definition) is 2. The monoisotopic (exact) mass is 354 g/mol. The Balaban J connectivity index is 1.94. The molecule has 0 radical (unpaired) electrons. The molecule has 0 saturated carbocycles. The van der Waals surface area contributed by atoms with Gasteiger partial charge in [0.05, 0.1) is 6.54 Å². The molecule has 0 aliphatic carbocycles. The molecule has 2 aromatic carbocycles. The Labute approximate surface area is 129 Å². The van der Waals surface area contributed by atoms with Gasteiger partial charge < -0.3 is 10.6 Å². The highest BCUT2D eigenvalue weighted by atomic mass is 79.9. The SMILES string of the molecule is Cc1ccc(NCC(=O)Nc2ccc(F)c(F)c2)c(Br)c1. The Kier molecular flexibility index (Phi) is 4.90. The molecule has 0 unspecified atom stereocenters. The lowest BCUT2D eigenvalue weighted by Crippen LogP contribution is -2.22. The molecule has 0 bridgehead atoms. The maximum absolute atomic E-state index is 13.0. The van der Waals surface area contributed by atoms with Gasteiger partial charge in [-0.3, -0.25) is 4.79 Å². The Morgan fingerprint density at radius 1 is 1.14 bits per heavy atom. The lowest BCUT2D eigenvalue weighted by Gasteiger charge is -2.10. The largest absolute Gasteiger partial charge is 0.375 e. The summed E-state index contributed by atoms with van der Waals surface area (Å²) in [6, 6.07) is 8.91. The number of rotatable bonds is 4. The van der Waals surface area contributed by atoms with E-state index in [1.165, 1.54) is 6.07 Å². The average Bonchev–Trinajstić information content (AvgIpc) is 2.42. The summed E-state index contributed by atoms with van der Waals surface area (Å²) < 4.78 is 26.7. The van der Waals surface area contributed by atoms with Crippen LogP contribution in [0.15, 0.2) is 40.9 Å². The first-order chi connectivity index (χ1) is 9.95. The van der Waals surface area contributed by atoms with Crippen molar-refractivity contribution in [1.29, 1.82) is 0 Å². The molecule has 0 aliphatic rings. The number of carbonyl (C=O) groups is 1. The molecule has 0 aromatic heterocycles. The van der Waals surface area contributed by atoms with Crippen molar-refractivity contribution in [3.8, 4) is 0 Å². The van der Waals surface area contributed by atoms with E-state index >= 15 is 0 Å². The minimum Gasteiger partial charge on any atom is -0.375 e. The molecule has 0 spiro atoms. The molecule has 2 aromatic rings. The molecule has 0 heterocycles. The second-order valence-electron chi connectivity index (χ2n) is 4.51. The second kappa shape index (κ2) is 6.67. The predicted molar refractivity (Wildman–Crippen MR) is 82.4 cm³/mol. The van der Waals surface area contributed by atoms with Crippen LogP contribution < -0.4 is 10.6 Å². The van der Waals surface area contributed by atoms with Gasteiger partial charge in [-0.15, -0.1) is 0 Å². The number of hydrogen-bond donors (Lipinski definition) is 2. The summed E-state index contributed by atoms with van der Waals surface area (Å²) >= 11 is 3.40. The second-order valence-corrected chi connectivity index (χ2v) is 5.37. The van der Waals surface area contributed by atoms with Gasteiger partial charge >= 0.3 is 0 Å². The van der Waals surface area contributed by atoms with Gasteiger partial charge in [-0.2, -0.15) is 0 Å². The highest BCUT2D eigenvalue weighted by molar-refractivity contribution is 9.10. The number of nitrogens with one attached hydrogen (secondary N) is 2. The number of carbonyl (C=O) groups excluding carboxylic acids is 1. The van der Waals surface area contributed by atoms with Crippen molar-refractivity contribution in [2.45, 2.75) is 6.92 Å². The highest BCUT2D eigenvalue weighted by Crippen LogP contribution is 2.23. The summed E-state index contributed by atoms with van der Waals surface area (Å²) in [4.78, 5) is 11.8. The van der Waals surface area contributed by atoms with E-state index in [1.54, 1.807) is 0 Å². The van der Waals surface area contributed by atoms with Crippen molar-refractivity contribution in [3.63, 3.8) is 0 Å². The summed E-state index contributed by atoms with van der Waals surface area (Å²) in [6.45, 7) is 1.98. The minimum absolute atomic E-state index is 0.0145. The van der Waals surface area contributed by atoms with Crippen LogP contribution in [0.4, 0.5) is 20.2 Å². The van der Waals surface area contributed by atoms with Crippen molar-refractivity contribution in [2.75, 3.05) is 17.2 Å². The molecule has 0 fully saturated rings. The van der Waals surface area contributed by atoms with E-state index in [9.17, 15) is 13.6 Å². The quantitative estimate of drug-likeness (QED) is 0.868. The fraction of sp³-hybridized carbons (Fsp3) is 0.133. The van der Waals surface area contributed by atoms with E-state index in [1.807, 2.05) is 25.1 Å². The molecule has 3 nitrogen and oxygen atoms in total. The van der Waals surface area contributed by atoms with Gasteiger partial charge in [0.2, 0.25) is 5.91 Å². The standard InChI is InChI=1S/C15H13BrF2N2O/c1-9-2-5-14(11(16)6-9)19-8-15(21)20-10-3-4-12(17)13(18)7-10/h2-7,19H,8H2,1H3,(H,20,21). The van der Waals surface area contributed by atoms with E-state index in [0.717, 1.165) is 27.9 Å². The smallest absolute Gasteiger partial charge is 0.243 e. The molecule has 0 saturated heterocycles. The van der Waals surface area contributed by atoms with E-state index in [2.05, 4.69) is 26.6 Å². The van der Waals surface area contributed by atoms with E-state index < -0.39 is 11.6 Å². The van der Waals surface area contributed by atoms with Gasteiger partial charge in [-0.25, -0.2) is 8.78 Å². The zero-order valence-electron chi connectivity index (χ0n) is 11.2. The van der Waals surface area contributed by atoms with Crippen LogP contribution in [-0.4, -0.2) is 12.5 Å². The van der Waals surface area contributed by atoms with Crippen molar-refractivity contribution in [2.24, 2.45) is 0 Å². The van der Waals surface area contributed by atoms with Crippen LogP contribution in [0.25, 0.3) is 0 Å². The van der Waals surface area contributed by atoms with Crippen molar-refractivity contribution < 1.29 is 13.6 Å². The molecule has 2 rings (SSSR count). The van der Waals surface area contributed by atoms with E-state index in [-0.39, 0.29) is 18.1 Å². The lowest BCUT2D eigenvalue weighted by atomic mass is 10.2. The topological polar surface area (TPSA) is 41.1 Å². The fourth-order valence-corrected chi connectivity index (χ4v) is 2.35. The third kappa shape index (κ3) is 4.26. The van der Waals surface area contributed by atoms with Gasteiger partial charge in [0.1, 0.15) is 0 Å². The van der Waals surface area contributed by atoms with E-state index in [0.29, 0.717) is 0 Å². The molecule has 2 N–H and O–H groups in total. The zero-order valence-corrected chi connectivity index (χ0v) is 12.8. The molecule has 0 aliphatic heterocycles. The summed E-state index contributed by atoms with van der Waals surface area (Å²) in [6.07, 6.45) is 0. The summed E-state index contributed by atoms with van der Waals surface area (Å²) in [7, 11) is 0. The molecule has 1 amide bonds. The zero-order chi connectivity index (χ0) is 15.4. The number of amides is 1. The maximum Gasteiger partial charge on any atom is 0.243 e. The summed E-state index contributed by atoms with van der Waals surface area (Å²) in [5.41, 5.74) is 2.09. The van der Waals surface area contributed by atoms with Gasteiger partial charge in [0, 0.05) is 21.9 Å². The van der Waals surface area contributed by atoms with Gasteiger partial charge in [-0.1, -0.05) is 6.07 Å². The Morgan fingerprint density at radius 2 is 1.90 bits per heavy atom. The van der Waals surface area contributed by atoms with Crippen LogP contribution in [0.3, 0.4) is 0 Å². The van der Waals surface area contributed by atoms with Crippen molar-refractivity contribution in [1.82, 2.24) is 0 Å². The minimum atomic E-state index is -0.998. The molecular formula is C15H13BrF2N2O. The first-order valence-corrected chi connectivity index (χ1v) is 7.00. The predicted octanol–water partition coefficient (Wildman–Crippen LogP) is 4.09. The number of benzene rings is 2. The normalized spacial score (nSPS) is 10.3. The van der Waals surface area contributed by atoms with Crippen LogP contribution in [0.1, 0.15) is 5.56 Å². The number of aryl methyl sites for hydroxylation is 1. The third-order valence-electron chi connectivity index (χ3n) is 2.77. The fourth-order valence-electron chi connectivity index (χ4n) is 1.72. The highest BCUT2D eigenvalue weighted by Gasteiger charge is 2.07. The Bertz CT molecular complexity index is 677. The summed E-state index contributed by atoms with van der Waals surface area (Å²) in [5.74, 6) is -2.30. The van der Waals surface area contributed by atoms with Crippen LogP contribution in [0.2, 0.25) is 0 Å². The first kappa shape index (κ1) is 15.4. The van der Waals surface area contributed by atoms with Gasteiger partial charge in [0.15, 0.2) is 11.6 Å². The Morgan fingerprint density at radius 3 is 2.57 bits per heavy atom. The average molecular weight is 355 g/mol. The molecule has 6 heteroatoms. The van der Waals surface area contributed by atoms with Crippen LogP contribution in [0, 0.1) is 18.6 Å². The van der Waals surface area contributed by atoms with Crippen molar-refractivity contribution in [3.05, 3.63) is 58.1 Å². The van der Waals surface area contributed by atoms with Crippen molar-refractivity contribution >= 4 is 33.2 Å². The third-order valence-corrected chi connectivity index (χ3v) is 3.42. The molecular weight excluding hydrogens is 342 g/mol. The molecule has 110 valence electrons. The summed E-state index contributed by atoms with van der Waals surface area (Å²) in [5, 5.41) is 5.45. The molecule has 0 atom stereocenters. The maximum atomic E-state index is 13.0. The van der Waals surface area contributed by atoms with Gasteiger partial charge in [0.25, 0.3) is 0 Å². The lowest BCUT2D eigenvalue weighted by molar-refractivity contribution is -0.114. The van der Waals surface area contributed by atoms with Gasteiger partial charge in [-0.05, 0) is 52.7 Å². The van der Waals surface area contributed by atoms with Crippen LogP contribution in [-0.2, 0) is 4.79 Å². The van der Waals surface area contributed by atoms with Crippen LogP contribution in [0.5, 0.6) is 0 Å². The van der Waals surface area contributed by atoms with E-state index in [4.69, 9.17) is 0 Å². The Hall–Kier alpha value is -1.95. The molecule has 21 heavy (non-hydrogen) atoms. The first-order valence-electron chi connectivity index (χ1n) is 6.20. The van der Waals surface area contributed by atoms with Crippen LogP contribution >= 0.6 is 15.9 Å².